The third kappa shape index (κ3) is 2.10. The Kier molecular flexibility index (Phi) is 2.89. The molecule has 96 valence electrons. The van der Waals surface area contributed by atoms with E-state index < -0.39 is 5.97 Å². The van der Waals surface area contributed by atoms with Crippen LogP contribution in [0.25, 0.3) is 10.9 Å². The van der Waals surface area contributed by atoms with Gasteiger partial charge < -0.3 is 5.11 Å². The van der Waals surface area contributed by atoms with E-state index in [2.05, 4.69) is 5.10 Å². The topological polar surface area (TPSA) is 55.1 Å². The molecule has 0 aliphatic rings. The Morgan fingerprint density at radius 1 is 1.44 bits per heavy atom. The van der Waals surface area contributed by atoms with Crippen molar-refractivity contribution in [2.75, 3.05) is 0 Å². The summed E-state index contributed by atoms with van der Waals surface area (Å²) in [5.41, 5.74) is 2.69. The van der Waals surface area contributed by atoms with Gasteiger partial charge in [-0.05, 0) is 18.6 Å². The Hall–Kier alpha value is -1.84. The highest BCUT2D eigenvalue weighted by Gasteiger charge is 2.24. The molecule has 0 spiro atoms. The minimum Gasteiger partial charge on any atom is -0.481 e. The molecule has 0 saturated carbocycles. The highest BCUT2D eigenvalue weighted by atomic mass is 16.4. The molecule has 1 N–H and O–H groups in total. The molecule has 0 amide bonds. The SMILES string of the molecule is Cc1nn(C)c2cc(C(C)(C)CC(=O)O)ccc12. The molecule has 0 aliphatic carbocycles. The van der Waals surface area contributed by atoms with Crippen LogP contribution in [0.1, 0.15) is 31.5 Å². The summed E-state index contributed by atoms with van der Waals surface area (Å²) in [7, 11) is 1.91. The predicted molar refractivity (Wildman–Crippen MR) is 70.7 cm³/mol. The molecule has 0 atom stereocenters. The van der Waals surface area contributed by atoms with Gasteiger partial charge >= 0.3 is 5.97 Å². The van der Waals surface area contributed by atoms with E-state index in [9.17, 15) is 4.79 Å². The average Bonchev–Trinajstić information content (AvgIpc) is 2.53. The van der Waals surface area contributed by atoms with Gasteiger partial charge in [0.15, 0.2) is 0 Å². The molecule has 2 rings (SSSR count). The van der Waals surface area contributed by atoms with E-state index in [1.807, 2.05) is 50.7 Å². The van der Waals surface area contributed by atoms with Gasteiger partial charge in [0, 0.05) is 17.8 Å². The molecule has 1 aromatic carbocycles. The van der Waals surface area contributed by atoms with Crippen molar-refractivity contribution >= 4 is 16.9 Å². The van der Waals surface area contributed by atoms with Crippen LogP contribution in [0.4, 0.5) is 0 Å². The fourth-order valence-corrected chi connectivity index (χ4v) is 2.34. The van der Waals surface area contributed by atoms with Crippen LogP contribution in [0.5, 0.6) is 0 Å². The van der Waals surface area contributed by atoms with Gasteiger partial charge in [-0.3, -0.25) is 9.48 Å². The average molecular weight is 246 g/mol. The summed E-state index contributed by atoms with van der Waals surface area (Å²) in [4.78, 5) is 10.9. The normalized spacial score (nSPS) is 12.0. The zero-order valence-electron chi connectivity index (χ0n) is 11.2. The summed E-state index contributed by atoms with van der Waals surface area (Å²) in [6, 6.07) is 6.06. The highest BCUT2D eigenvalue weighted by Crippen LogP contribution is 2.30. The Bertz CT molecular complexity index is 612. The lowest BCUT2D eigenvalue weighted by molar-refractivity contribution is -0.138. The number of carboxylic acid groups (broad SMARTS) is 1. The van der Waals surface area contributed by atoms with Gasteiger partial charge in [0.25, 0.3) is 0 Å². The molecule has 1 aromatic heterocycles. The van der Waals surface area contributed by atoms with E-state index in [0.29, 0.717) is 0 Å². The lowest BCUT2D eigenvalue weighted by Crippen LogP contribution is -2.21. The molecule has 1 heterocycles. The minimum atomic E-state index is -0.777. The second-order valence-corrected chi connectivity index (χ2v) is 5.40. The number of hydrogen-bond donors (Lipinski definition) is 1. The van der Waals surface area contributed by atoms with Gasteiger partial charge in [0.1, 0.15) is 0 Å². The number of aliphatic carboxylic acids is 1. The van der Waals surface area contributed by atoms with Gasteiger partial charge in [0.05, 0.1) is 17.6 Å². The van der Waals surface area contributed by atoms with E-state index in [0.717, 1.165) is 22.2 Å². The van der Waals surface area contributed by atoms with Gasteiger partial charge in [-0.25, -0.2) is 0 Å². The Labute approximate surface area is 106 Å². The smallest absolute Gasteiger partial charge is 0.304 e. The Morgan fingerprint density at radius 2 is 2.11 bits per heavy atom. The number of carbonyl (C=O) groups is 1. The van der Waals surface area contributed by atoms with Crippen LogP contribution in [0.2, 0.25) is 0 Å². The molecule has 2 aromatic rings. The largest absolute Gasteiger partial charge is 0.481 e. The quantitative estimate of drug-likeness (QED) is 0.905. The fourth-order valence-electron chi connectivity index (χ4n) is 2.34. The summed E-state index contributed by atoms with van der Waals surface area (Å²) < 4.78 is 1.84. The number of aryl methyl sites for hydroxylation is 2. The van der Waals surface area contributed by atoms with Crippen LogP contribution in [0, 0.1) is 6.92 Å². The van der Waals surface area contributed by atoms with Crippen molar-refractivity contribution in [1.29, 1.82) is 0 Å². The molecule has 18 heavy (non-hydrogen) atoms. The standard InChI is InChI=1S/C14H18N2O2/c1-9-11-6-5-10(7-12(11)16(4)15-9)14(2,3)8-13(17)18/h5-7H,8H2,1-4H3,(H,17,18). The van der Waals surface area contributed by atoms with Crippen LogP contribution in [0.3, 0.4) is 0 Å². The highest BCUT2D eigenvalue weighted by molar-refractivity contribution is 5.83. The van der Waals surface area contributed by atoms with Gasteiger partial charge in [0.2, 0.25) is 0 Å². The van der Waals surface area contributed by atoms with Crippen molar-refractivity contribution in [3.8, 4) is 0 Å². The zero-order chi connectivity index (χ0) is 13.5. The van der Waals surface area contributed by atoms with Gasteiger partial charge in [-0.2, -0.15) is 5.10 Å². The molecular formula is C14H18N2O2. The van der Waals surface area contributed by atoms with Crippen LogP contribution in [-0.2, 0) is 17.3 Å². The first kappa shape index (κ1) is 12.6. The number of fused-ring (bicyclic) bond motifs is 1. The number of carboxylic acids is 1. The predicted octanol–water partition coefficient (Wildman–Crippen LogP) is 2.63. The first-order valence-electron chi connectivity index (χ1n) is 5.97. The van der Waals surface area contributed by atoms with Crippen LogP contribution in [0.15, 0.2) is 18.2 Å². The molecule has 0 fully saturated rings. The molecule has 4 nitrogen and oxygen atoms in total. The van der Waals surface area contributed by atoms with Gasteiger partial charge in [-0.1, -0.05) is 26.0 Å². The number of hydrogen-bond acceptors (Lipinski definition) is 2. The Balaban J connectivity index is 2.53. The monoisotopic (exact) mass is 246 g/mol. The van der Waals surface area contributed by atoms with Crippen molar-refractivity contribution in [3.63, 3.8) is 0 Å². The third-order valence-corrected chi connectivity index (χ3v) is 3.41. The second-order valence-electron chi connectivity index (χ2n) is 5.40. The van der Waals surface area contributed by atoms with Crippen molar-refractivity contribution in [2.45, 2.75) is 32.6 Å². The van der Waals surface area contributed by atoms with E-state index >= 15 is 0 Å². The Morgan fingerprint density at radius 3 is 2.72 bits per heavy atom. The van der Waals surface area contributed by atoms with E-state index in [1.54, 1.807) is 0 Å². The third-order valence-electron chi connectivity index (χ3n) is 3.41. The summed E-state index contributed by atoms with van der Waals surface area (Å²) in [6.45, 7) is 5.88. The molecule has 0 unspecified atom stereocenters. The first-order valence-corrected chi connectivity index (χ1v) is 5.97. The number of benzene rings is 1. The molecule has 0 bridgehead atoms. The van der Waals surface area contributed by atoms with E-state index in [4.69, 9.17) is 5.11 Å². The van der Waals surface area contributed by atoms with Crippen molar-refractivity contribution < 1.29 is 9.90 Å². The summed E-state index contributed by atoms with van der Waals surface area (Å²) >= 11 is 0. The van der Waals surface area contributed by atoms with Crippen molar-refractivity contribution in [1.82, 2.24) is 9.78 Å². The lowest BCUT2D eigenvalue weighted by atomic mass is 9.81. The molecule has 0 radical (unpaired) electrons. The van der Waals surface area contributed by atoms with E-state index in [-0.39, 0.29) is 11.8 Å². The molecule has 0 saturated heterocycles. The summed E-state index contributed by atoms with van der Waals surface area (Å²) in [6.07, 6.45) is 0.120. The van der Waals surface area contributed by atoms with Crippen LogP contribution in [-0.4, -0.2) is 20.9 Å². The van der Waals surface area contributed by atoms with Crippen molar-refractivity contribution in [3.05, 3.63) is 29.5 Å². The maximum absolute atomic E-state index is 10.9. The summed E-state index contributed by atoms with van der Waals surface area (Å²) in [5.74, 6) is -0.777. The fraction of sp³-hybridized carbons (Fsp3) is 0.429. The second kappa shape index (κ2) is 4.12. The number of rotatable bonds is 3. The van der Waals surface area contributed by atoms with Crippen LogP contribution >= 0.6 is 0 Å². The lowest BCUT2D eigenvalue weighted by Gasteiger charge is -2.23. The minimum absolute atomic E-state index is 0.120. The number of aromatic nitrogens is 2. The van der Waals surface area contributed by atoms with Gasteiger partial charge in [-0.15, -0.1) is 0 Å². The first-order chi connectivity index (χ1) is 8.31. The number of nitrogens with zero attached hydrogens (tertiary/aromatic N) is 2. The molecule has 0 aliphatic heterocycles. The zero-order valence-corrected chi connectivity index (χ0v) is 11.2. The van der Waals surface area contributed by atoms with Crippen molar-refractivity contribution in [2.24, 2.45) is 7.05 Å². The van der Waals surface area contributed by atoms with Crippen LogP contribution < -0.4 is 0 Å². The van der Waals surface area contributed by atoms with E-state index in [1.165, 1.54) is 0 Å². The summed E-state index contributed by atoms with van der Waals surface area (Å²) in [5, 5.41) is 14.5. The maximum Gasteiger partial charge on any atom is 0.304 e. The molecule has 4 heteroatoms. The maximum atomic E-state index is 10.9. The molecular weight excluding hydrogens is 228 g/mol.